The summed E-state index contributed by atoms with van der Waals surface area (Å²) in [7, 11) is 0. The minimum absolute atomic E-state index is 0.154. The van der Waals surface area contributed by atoms with Crippen molar-refractivity contribution in [3.63, 3.8) is 0 Å². The Morgan fingerprint density at radius 1 is 1.50 bits per heavy atom. The van der Waals surface area contributed by atoms with Crippen LogP contribution in [0.1, 0.15) is 28.0 Å². The Bertz CT molecular complexity index is 665. The third kappa shape index (κ3) is 3.50. The van der Waals surface area contributed by atoms with Gasteiger partial charge in [0, 0.05) is 11.5 Å². The topological polar surface area (TPSA) is 56.0 Å². The van der Waals surface area contributed by atoms with E-state index >= 15 is 0 Å². The van der Waals surface area contributed by atoms with E-state index in [0.29, 0.717) is 29.3 Å². The van der Waals surface area contributed by atoms with Gasteiger partial charge in [-0.05, 0) is 37.5 Å². The first-order valence-corrected chi connectivity index (χ1v) is 6.99. The maximum Gasteiger partial charge on any atom is 0.430 e. The summed E-state index contributed by atoms with van der Waals surface area (Å²) in [4.78, 5) is 16.6. The number of aryl methyl sites for hydroxylation is 2. The zero-order valence-corrected chi connectivity index (χ0v) is 12.5. The SMILES string of the molecule is Cc1cc(Cl)nc2c1C(=O)C(/C=C/C=C(\N)C(F)(F)F)CC2. The quantitative estimate of drug-likeness (QED) is 0.663. The highest BCUT2D eigenvalue weighted by molar-refractivity contribution is 6.29. The Kier molecular flexibility index (Phi) is 4.60. The Labute approximate surface area is 130 Å². The zero-order valence-electron chi connectivity index (χ0n) is 11.7. The van der Waals surface area contributed by atoms with Crippen LogP contribution in [-0.4, -0.2) is 16.9 Å². The number of alkyl halides is 3. The highest BCUT2D eigenvalue weighted by atomic mass is 35.5. The molecule has 0 saturated heterocycles. The van der Waals surface area contributed by atoms with Crippen LogP contribution in [0, 0.1) is 12.8 Å². The van der Waals surface area contributed by atoms with Crippen molar-refractivity contribution in [2.24, 2.45) is 11.7 Å². The molecule has 7 heteroatoms. The molecule has 1 aliphatic carbocycles. The van der Waals surface area contributed by atoms with Gasteiger partial charge in [-0.1, -0.05) is 23.8 Å². The molecular formula is C15H14ClF3N2O. The van der Waals surface area contributed by atoms with Crippen molar-refractivity contribution in [1.82, 2.24) is 4.98 Å². The van der Waals surface area contributed by atoms with E-state index in [1.807, 2.05) is 0 Å². The maximum absolute atomic E-state index is 12.4. The van der Waals surface area contributed by atoms with Crippen molar-refractivity contribution in [1.29, 1.82) is 0 Å². The Morgan fingerprint density at radius 2 is 2.18 bits per heavy atom. The molecule has 1 aromatic heterocycles. The monoisotopic (exact) mass is 330 g/mol. The molecule has 2 rings (SSSR count). The van der Waals surface area contributed by atoms with E-state index in [4.69, 9.17) is 17.3 Å². The molecule has 22 heavy (non-hydrogen) atoms. The fraction of sp³-hybridized carbons (Fsp3) is 0.333. The van der Waals surface area contributed by atoms with Crippen LogP contribution in [0.3, 0.4) is 0 Å². The van der Waals surface area contributed by atoms with Gasteiger partial charge in [-0.3, -0.25) is 4.79 Å². The number of rotatable bonds is 2. The number of carbonyl (C=O) groups is 1. The molecule has 0 saturated carbocycles. The second kappa shape index (κ2) is 6.12. The summed E-state index contributed by atoms with van der Waals surface area (Å²) in [6.45, 7) is 1.76. The standard InChI is InChI=1S/C15H14ClF3N2O/c1-8-7-12(16)21-10-6-5-9(14(22)13(8)10)3-2-4-11(20)15(17,18)19/h2-4,7,9H,5-6,20H2,1H3/b3-2+,11-4-. The van der Waals surface area contributed by atoms with Crippen LogP contribution in [0.4, 0.5) is 13.2 Å². The minimum atomic E-state index is -4.56. The Morgan fingerprint density at radius 3 is 2.82 bits per heavy atom. The summed E-state index contributed by atoms with van der Waals surface area (Å²) >= 11 is 5.86. The number of hydrogen-bond donors (Lipinski definition) is 1. The lowest BCUT2D eigenvalue weighted by atomic mass is 9.83. The third-order valence-electron chi connectivity index (χ3n) is 3.48. The molecule has 1 atom stereocenters. The van der Waals surface area contributed by atoms with Gasteiger partial charge in [-0.15, -0.1) is 0 Å². The molecular weight excluding hydrogens is 317 g/mol. The number of allylic oxidation sites excluding steroid dienone is 4. The molecule has 0 spiro atoms. The van der Waals surface area contributed by atoms with Gasteiger partial charge in [0.05, 0.1) is 5.69 Å². The van der Waals surface area contributed by atoms with Gasteiger partial charge in [0.15, 0.2) is 5.78 Å². The smallest absolute Gasteiger partial charge is 0.395 e. The summed E-state index contributed by atoms with van der Waals surface area (Å²) in [6.07, 6.45) is -0.154. The molecule has 1 unspecified atom stereocenters. The van der Waals surface area contributed by atoms with E-state index < -0.39 is 17.8 Å². The minimum Gasteiger partial charge on any atom is -0.395 e. The fourth-order valence-electron chi connectivity index (χ4n) is 2.39. The van der Waals surface area contributed by atoms with Crippen LogP contribution >= 0.6 is 11.6 Å². The van der Waals surface area contributed by atoms with Crippen molar-refractivity contribution in [2.45, 2.75) is 25.9 Å². The second-order valence-corrected chi connectivity index (χ2v) is 5.48. The molecule has 0 aliphatic heterocycles. The van der Waals surface area contributed by atoms with Crippen LogP contribution in [0.5, 0.6) is 0 Å². The molecule has 3 nitrogen and oxygen atoms in total. The van der Waals surface area contributed by atoms with Gasteiger partial charge in [0.25, 0.3) is 0 Å². The first-order valence-electron chi connectivity index (χ1n) is 6.61. The summed E-state index contributed by atoms with van der Waals surface area (Å²) < 4.78 is 36.8. The number of pyridine rings is 1. The Balaban J connectivity index is 2.21. The van der Waals surface area contributed by atoms with Gasteiger partial charge in [0.2, 0.25) is 0 Å². The van der Waals surface area contributed by atoms with Crippen LogP contribution < -0.4 is 5.73 Å². The average Bonchev–Trinajstić information content (AvgIpc) is 2.39. The lowest BCUT2D eigenvalue weighted by molar-refractivity contribution is -0.0926. The molecule has 1 aromatic rings. The van der Waals surface area contributed by atoms with Gasteiger partial charge < -0.3 is 5.73 Å². The van der Waals surface area contributed by atoms with Crippen LogP contribution in [0.2, 0.25) is 5.15 Å². The Hall–Kier alpha value is -1.82. The average molecular weight is 331 g/mol. The zero-order chi connectivity index (χ0) is 16.5. The first kappa shape index (κ1) is 16.5. The van der Waals surface area contributed by atoms with Crippen molar-refractivity contribution in [2.75, 3.05) is 0 Å². The molecule has 1 heterocycles. The molecule has 0 radical (unpaired) electrons. The number of halogens is 4. The van der Waals surface area contributed by atoms with E-state index in [1.165, 1.54) is 12.2 Å². The van der Waals surface area contributed by atoms with Gasteiger partial charge in [0.1, 0.15) is 10.9 Å². The summed E-state index contributed by atoms with van der Waals surface area (Å²) in [5, 5.41) is 0.332. The molecule has 0 aromatic carbocycles. The number of fused-ring (bicyclic) bond motifs is 1. The summed E-state index contributed by atoms with van der Waals surface area (Å²) in [5.74, 6) is -0.635. The molecule has 118 valence electrons. The van der Waals surface area contributed by atoms with E-state index in [1.54, 1.807) is 13.0 Å². The van der Waals surface area contributed by atoms with Crippen LogP contribution in [0.25, 0.3) is 0 Å². The summed E-state index contributed by atoms with van der Waals surface area (Å²) in [5.41, 5.74) is 5.58. The molecule has 0 bridgehead atoms. The van der Waals surface area contributed by atoms with Crippen LogP contribution in [-0.2, 0) is 6.42 Å². The van der Waals surface area contributed by atoms with E-state index in [9.17, 15) is 18.0 Å². The highest BCUT2D eigenvalue weighted by Gasteiger charge is 2.31. The third-order valence-corrected chi connectivity index (χ3v) is 3.68. The van der Waals surface area contributed by atoms with E-state index in [-0.39, 0.29) is 5.78 Å². The number of nitrogens with zero attached hydrogens (tertiary/aromatic N) is 1. The normalized spacial score (nSPS) is 19.6. The lowest BCUT2D eigenvalue weighted by Crippen LogP contribution is -2.23. The number of ketones is 1. The van der Waals surface area contributed by atoms with E-state index in [2.05, 4.69) is 4.98 Å². The van der Waals surface area contributed by atoms with Gasteiger partial charge in [-0.25, -0.2) is 4.98 Å². The van der Waals surface area contributed by atoms with Crippen LogP contribution in [0.15, 0.2) is 30.0 Å². The number of nitrogens with two attached hydrogens (primary N) is 1. The largest absolute Gasteiger partial charge is 0.430 e. The fourth-order valence-corrected chi connectivity index (χ4v) is 2.66. The van der Waals surface area contributed by atoms with Crippen molar-refractivity contribution in [3.05, 3.63) is 52.0 Å². The number of carbonyl (C=O) groups excluding carboxylic acids is 1. The van der Waals surface area contributed by atoms with Gasteiger partial charge in [-0.2, -0.15) is 13.2 Å². The predicted molar refractivity (Wildman–Crippen MR) is 77.6 cm³/mol. The molecule has 1 aliphatic rings. The summed E-state index contributed by atoms with van der Waals surface area (Å²) in [6, 6.07) is 1.60. The molecule has 0 amide bonds. The van der Waals surface area contributed by atoms with Gasteiger partial charge >= 0.3 is 6.18 Å². The van der Waals surface area contributed by atoms with E-state index in [0.717, 1.165) is 11.6 Å². The highest BCUT2D eigenvalue weighted by Crippen LogP contribution is 2.29. The molecule has 0 fully saturated rings. The van der Waals surface area contributed by atoms with Crippen molar-refractivity contribution < 1.29 is 18.0 Å². The molecule has 2 N–H and O–H groups in total. The predicted octanol–water partition coefficient (Wildman–Crippen LogP) is 3.75. The van der Waals surface area contributed by atoms with Crippen molar-refractivity contribution in [3.8, 4) is 0 Å². The van der Waals surface area contributed by atoms with Crippen molar-refractivity contribution >= 4 is 17.4 Å². The number of Topliss-reactive ketones (excluding diaryl/α,β-unsaturated/α-hetero) is 1. The second-order valence-electron chi connectivity index (χ2n) is 5.10. The maximum atomic E-state index is 12.4. The first-order chi connectivity index (χ1) is 10.2. The lowest BCUT2D eigenvalue weighted by Gasteiger charge is -2.21. The number of hydrogen-bond acceptors (Lipinski definition) is 3. The number of aromatic nitrogens is 1.